The molecule has 1 aromatic heterocycles. The van der Waals surface area contributed by atoms with Crippen LogP contribution < -0.4 is 5.32 Å². The first-order valence-corrected chi connectivity index (χ1v) is 6.28. The molecule has 0 radical (unpaired) electrons. The normalized spacial score (nSPS) is 10.7. The Labute approximate surface area is 112 Å². The fourth-order valence-corrected chi connectivity index (χ4v) is 1.68. The van der Waals surface area contributed by atoms with E-state index in [4.69, 9.17) is 16.7 Å². The standard InChI is InChI=1S/C12H18ClN3O2/c1-2-16(7-4-8-17)9-11(18)15-10-5-3-6-14-12(10)13/h3,5-6,17H,2,4,7-9H2,1H3,(H,15,18). The fraction of sp³-hybridized carbons (Fsp3) is 0.500. The van der Waals surface area contributed by atoms with Gasteiger partial charge in [0, 0.05) is 19.3 Å². The Morgan fingerprint density at radius 2 is 2.39 bits per heavy atom. The number of amides is 1. The molecule has 0 aliphatic rings. The zero-order chi connectivity index (χ0) is 13.4. The van der Waals surface area contributed by atoms with Crippen LogP contribution in [-0.2, 0) is 4.79 Å². The van der Waals surface area contributed by atoms with Crippen LogP contribution in [0.4, 0.5) is 5.69 Å². The number of halogens is 1. The van der Waals surface area contributed by atoms with E-state index in [2.05, 4.69) is 10.3 Å². The lowest BCUT2D eigenvalue weighted by molar-refractivity contribution is -0.117. The van der Waals surface area contributed by atoms with E-state index in [1.54, 1.807) is 18.3 Å². The van der Waals surface area contributed by atoms with E-state index in [1.165, 1.54) is 0 Å². The van der Waals surface area contributed by atoms with Gasteiger partial charge in [0.1, 0.15) is 0 Å². The van der Waals surface area contributed by atoms with Crippen LogP contribution in [0.1, 0.15) is 13.3 Å². The van der Waals surface area contributed by atoms with Crippen molar-refractivity contribution >= 4 is 23.2 Å². The Kier molecular flexibility index (Phi) is 6.64. The average molecular weight is 272 g/mol. The van der Waals surface area contributed by atoms with Crippen LogP contribution in [-0.4, -0.2) is 47.1 Å². The second-order valence-corrected chi connectivity index (χ2v) is 4.19. The molecule has 0 aliphatic carbocycles. The summed E-state index contributed by atoms with van der Waals surface area (Å²) >= 11 is 5.85. The van der Waals surface area contributed by atoms with Gasteiger partial charge in [-0.3, -0.25) is 9.69 Å². The van der Waals surface area contributed by atoms with Gasteiger partial charge in [-0.05, 0) is 25.1 Å². The number of hydrogen-bond donors (Lipinski definition) is 2. The van der Waals surface area contributed by atoms with Crippen molar-refractivity contribution in [3.8, 4) is 0 Å². The molecule has 0 spiro atoms. The van der Waals surface area contributed by atoms with Crippen LogP contribution in [0.25, 0.3) is 0 Å². The number of anilines is 1. The van der Waals surface area contributed by atoms with Crippen molar-refractivity contribution < 1.29 is 9.90 Å². The number of likely N-dealkylation sites (N-methyl/N-ethyl adjacent to an activating group) is 1. The first-order valence-electron chi connectivity index (χ1n) is 5.91. The van der Waals surface area contributed by atoms with Crippen LogP contribution in [0.5, 0.6) is 0 Å². The van der Waals surface area contributed by atoms with Gasteiger partial charge in [0.15, 0.2) is 5.15 Å². The molecule has 0 aliphatic heterocycles. The number of hydrogen-bond acceptors (Lipinski definition) is 4. The Bertz CT molecular complexity index is 387. The molecule has 0 saturated heterocycles. The Morgan fingerprint density at radius 3 is 3.00 bits per heavy atom. The van der Waals surface area contributed by atoms with Crippen molar-refractivity contribution in [1.29, 1.82) is 0 Å². The molecule has 0 aromatic carbocycles. The second kappa shape index (κ2) is 8.02. The maximum absolute atomic E-state index is 11.8. The summed E-state index contributed by atoms with van der Waals surface area (Å²) in [6.07, 6.45) is 2.23. The van der Waals surface area contributed by atoms with Crippen LogP contribution >= 0.6 is 11.6 Å². The molecule has 2 N–H and O–H groups in total. The zero-order valence-corrected chi connectivity index (χ0v) is 11.2. The van der Waals surface area contributed by atoms with Gasteiger partial charge in [-0.15, -0.1) is 0 Å². The summed E-state index contributed by atoms with van der Waals surface area (Å²) in [5.74, 6) is -0.135. The van der Waals surface area contributed by atoms with E-state index >= 15 is 0 Å². The summed E-state index contributed by atoms with van der Waals surface area (Å²) in [5.41, 5.74) is 0.516. The zero-order valence-electron chi connectivity index (χ0n) is 10.4. The number of pyridine rings is 1. The average Bonchev–Trinajstić information content (AvgIpc) is 2.37. The van der Waals surface area contributed by atoms with Crippen molar-refractivity contribution in [2.24, 2.45) is 0 Å². The number of aliphatic hydroxyl groups excluding tert-OH is 1. The van der Waals surface area contributed by atoms with E-state index in [0.29, 0.717) is 18.7 Å². The Hall–Kier alpha value is -1.17. The molecular formula is C12H18ClN3O2. The highest BCUT2D eigenvalue weighted by Gasteiger charge is 2.10. The lowest BCUT2D eigenvalue weighted by Gasteiger charge is -2.19. The highest BCUT2D eigenvalue weighted by atomic mass is 35.5. The van der Waals surface area contributed by atoms with Gasteiger partial charge in [0.25, 0.3) is 0 Å². The molecule has 100 valence electrons. The predicted octanol–water partition coefficient (Wildman–Crippen LogP) is 1.38. The fourth-order valence-electron chi connectivity index (χ4n) is 1.52. The van der Waals surface area contributed by atoms with Gasteiger partial charge in [-0.2, -0.15) is 0 Å². The molecule has 0 bridgehead atoms. The topological polar surface area (TPSA) is 65.5 Å². The molecule has 0 atom stereocenters. The number of aromatic nitrogens is 1. The van der Waals surface area contributed by atoms with Crippen molar-refractivity contribution in [2.75, 3.05) is 31.6 Å². The molecule has 5 nitrogen and oxygen atoms in total. The number of aliphatic hydroxyl groups is 1. The molecule has 0 fully saturated rings. The molecular weight excluding hydrogens is 254 g/mol. The molecule has 6 heteroatoms. The molecule has 1 rings (SSSR count). The van der Waals surface area contributed by atoms with Gasteiger partial charge in [0.2, 0.25) is 5.91 Å². The third-order valence-electron chi connectivity index (χ3n) is 2.48. The highest BCUT2D eigenvalue weighted by molar-refractivity contribution is 6.32. The van der Waals surface area contributed by atoms with Gasteiger partial charge < -0.3 is 10.4 Å². The van der Waals surface area contributed by atoms with Crippen LogP contribution in [0.15, 0.2) is 18.3 Å². The summed E-state index contributed by atoms with van der Waals surface area (Å²) in [5, 5.41) is 11.8. The largest absolute Gasteiger partial charge is 0.396 e. The number of carbonyl (C=O) groups excluding carboxylic acids is 1. The van der Waals surface area contributed by atoms with Crippen molar-refractivity contribution in [3.05, 3.63) is 23.5 Å². The molecule has 18 heavy (non-hydrogen) atoms. The summed E-state index contributed by atoms with van der Waals surface area (Å²) in [6.45, 7) is 3.84. The minimum Gasteiger partial charge on any atom is -0.396 e. The summed E-state index contributed by atoms with van der Waals surface area (Å²) < 4.78 is 0. The smallest absolute Gasteiger partial charge is 0.238 e. The molecule has 1 heterocycles. The first kappa shape index (κ1) is 14.9. The second-order valence-electron chi connectivity index (χ2n) is 3.84. The Morgan fingerprint density at radius 1 is 1.61 bits per heavy atom. The van der Waals surface area contributed by atoms with E-state index in [9.17, 15) is 4.79 Å². The minimum absolute atomic E-state index is 0.132. The van der Waals surface area contributed by atoms with E-state index in [1.807, 2.05) is 11.8 Å². The lowest BCUT2D eigenvalue weighted by atomic mass is 10.3. The van der Waals surface area contributed by atoms with Gasteiger partial charge >= 0.3 is 0 Å². The SMILES string of the molecule is CCN(CCCO)CC(=O)Nc1cccnc1Cl. The van der Waals surface area contributed by atoms with E-state index in [0.717, 1.165) is 6.54 Å². The highest BCUT2D eigenvalue weighted by Crippen LogP contribution is 2.17. The third-order valence-corrected chi connectivity index (χ3v) is 2.78. The Balaban J connectivity index is 2.48. The van der Waals surface area contributed by atoms with E-state index < -0.39 is 0 Å². The summed E-state index contributed by atoms with van der Waals surface area (Å²) in [6, 6.07) is 3.42. The van der Waals surface area contributed by atoms with Crippen molar-refractivity contribution in [2.45, 2.75) is 13.3 Å². The predicted molar refractivity (Wildman–Crippen MR) is 71.7 cm³/mol. The van der Waals surface area contributed by atoms with Crippen LogP contribution in [0.2, 0.25) is 5.15 Å². The summed E-state index contributed by atoms with van der Waals surface area (Å²) in [7, 11) is 0. The maximum atomic E-state index is 11.8. The number of carbonyl (C=O) groups is 1. The monoisotopic (exact) mass is 271 g/mol. The van der Waals surface area contributed by atoms with Crippen LogP contribution in [0.3, 0.4) is 0 Å². The summed E-state index contributed by atoms with van der Waals surface area (Å²) in [4.78, 5) is 17.6. The van der Waals surface area contributed by atoms with Crippen molar-refractivity contribution in [3.63, 3.8) is 0 Å². The first-order chi connectivity index (χ1) is 8.67. The molecule has 0 saturated carbocycles. The molecule has 1 aromatic rings. The van der Waals surface area contributed by atoms with Gasteiger partial charge in [0.05, 0.1) is 12.2 Å². The maximum Gasteiger partial charge on any atom is 0.238 e. The van der Waals surface area contributed by atoms with Gasteiger partial charge in [-0.25, -0.2) is 4.98 Å². The number of nitrogens with one attached hydrogen (secondary N) is 1. The third kappa shape index (κ3) is 5.00. The quantitative estimate of drug-likeness (QED) is 0.736. The number of rotatable bonds is 7. The van der Waals surface area contributed by atoms with E-state index in [-0.39, 0.29) is 24.2 Å². The van der Waals surface area contributed by atoms with Gasteiger partial charge in [-0.1, -0.05) is 18.5 Å². The molecule has 1 amide bonds. The molecule has 0 unspecified atom stereocenters. The number of nitrogens with zero attached hydrogens (tertiary/aromatic N) is 2. The van der Waals surface area contributed by atoms with Crippen molar-refractivity contribution in [1.82, 2.24) is 9.88 Å². The van der Waals surface area contributed by atoms with Crippen LogP contribution in [0, 0.1) is 0 Å². The minimum atomic E-state index is -0.135. The lowest BCUT2D eigenvalue weighted by Crippen LogP contribution is -2.34.